The number of esters is 1. The molecule has 1 amide bonds. The summed E-state index contributed by atoms with van der Waals surface area (Å²) < 4.78 is 8.16. The number of hydrogen-bond donors (Lipinski definition) is 1. The van der Waals surface area contributed by atoms with Gasteiger partial charge in [0.1, 0.15) is 24.8 Å². The van der Waals surface area contributed by atoms with Gasteiger partial charge < -0.3 is 24.2 Å². The van der Waals surface area contributed by atoms with E-state index < -0.39 is 0 Å². The maximum atomic E-state index is 13.9. The van der Waals surface area contributed by atoms with E-state index >= 15 is 0 Å². The number of para-hydroxylation sites is 1. The number of hydrogen-bond acceptors (Lipinski definition) is 8. The van der Waals surface area contributed by atoms with E-state index in [9.17, 15) is 25.4 Å². The van der Waals surface area contributed by atoms with Crippen molar-refractivity contribution in [3.8, 4) is 18.2 Å². The van der Waals surface area contributed by atoms with Crippen molar-refractivity contribution in [3.63, 3.8) is 0 Å². The van der Waals surface area contributed by atoms with E-state index in [1.54, 1.807) is 0 Å². The van der Waals surface area contributed by atoms with Crippen molar-refractivity contribution in [1.29, 1.82) is 15.8 Å². The molecule has 2 heterocycles. The van der Waals surface area contributed by atoms with Gasteiger partial charge in [0.15, 0.2) is 5.57 Å². The second kappa shape index (κ2) is 25.3. The molecule has 1 atom stereocenters. The lowest BCUT2D eigenvalue weighted by Gasteiger charge is -2.29. The van der Waals surface area contributed by atoms with Crippen molar-refractivity contribution in [1.82, 2.24) is 9.47 Å². The van der Waals surface area contributed by atoms with Crippen LogP contribution in [0.3, 0.4) is 0 Å². The maximum Gasteiger partial charge on any atom is 0.306 e. The van der Waals surface area contributed by atoms with Crippen LogP contribution in [0.1, 0.15) is 135 Å². The molecular weight excluding hydrogens is 785 g/mol. The van der Waals surface area contributed by atoms with Crippen molar-refractivity contribution < 1.29 is 19.4 Å². The number of aromatic nitrogens is 1. The smallest absolute Gasteiger partial charge is 0.306 e. The molecular formula is C53H66N6O4. The number of nitriles is 3. The van der Waals surface area contributed by atoms with Crippen LogP contribution < -0.4 is 4.90 Å². The lowest BCUT2D eigenvalue weighted by molar-refractivity contribution is -0.145. The number of aliphatic hydroxyl groups excluding tert-OH is 1. The molecule has 0 saturated carbocycles. The zero-order valence-corrected chi connectivity index (χ0v) is 37.8. The van der Waals surface area contributed by atoms with Crippen LogP contribution in [0.5, 0.6) is 0 Å². The number of aryl methyl sites for hydroxylation is 1. The summed E-state index contributed by atoms with van der Waals surface area (Å²) >= 11 is 0. The first-order chi connectivity index (χ1) is 30.8. The van der Waals surface area contributed by atoms with Gasteiger partial charge in [0.05, 0.1) is 16.8 Å². The van der Waals surface area contributed by atoms with E-state index in [1.165, 1.54) is 33.1 Å². The van der Waals surface area contributed by atoms with Crippen LogP contribution in [0.2, 0.25) is 0 Å². The van der Waals surface area contributed by atoms with Crippen LogP contribution in [0.25, 0.3) is 27.4 Å². The normalized spacial score (nSPS) is 13.1. The van der Waals surface area contributed by atoms with Crippen LogP contribution >= 0.6 is 0 Å². The van der Waals surface area contributed by atoms with Crippen LogP contribution in [-0.2, 0) is 27.5 Å². The van der Waals surface area contributed by atoms with E-state index in [0.717, 1.165) is 114 Å². The highest BCUT2D eigenvalue weighted by atomic mass is 16.5. The average Bonchev–Trinajstić information content (AvgIpc) is 3.77. The second-order valence-electron chi connectivity index (χ2n) is 16.9. The Hall–Kier alpha value is -5.89. The van der Waals surface area contributed by atoms with E-state index in [2.05, 4.69) is 78.8 Å². The molecule has 0 fully saturated rings. The number of amides is 1. The number of anilines is 1. The summed E-state index contributed by atoms with van der Waals surface area (Å²) in [7, 11) is 0. The number of benzene rings is 3. The molecule has 5 rings (SSSR count). The molecule has 10 nitrogen and oxygen atoms in total. The molecule has 10 heteroatoms. The third-order valence-corrected chi connectivity index (χ3v) is 12.4. The number of unbranched alkanes of at least 4 members (excludes halogenated alkanes) is 9. The van der Waals surface area contributed by atoms with Crippen molar-refractivity contribution >= 4 is 44.9 Å². The Morgan fingerprint density at radius 1 is 0.778 bits per heavy atom. The van der Waals surface area contributed by atoms with Gasteiger partial charge in [-0.2, -0.15) is 15.8 Å². The number of nitrogens with zero attached hydrogens (tertiary/aromatic N) is 6. The Balaban J connectivity index is 1.21. The molecule has 1 aliphatic rings. The van der Waals surface area contributed by atoms with Crippen LogP contribution in [0.4, 0.5) is 5.69 Å². The minimum absolute atomic E-state index is 0.0737. The minimum atomic E-state index is -0.350. The molecule has 4 aromatic rings. The summed E-state index contributed by atoms with van der Waals surface area (Å²) in [4.78, 5) is 30.7. The van der Waals surface area contributed by atoms with Gasteiger partial charge in [0, 0.05) is 66.7 Å². The van der Waals surface area contributed by atoms with E-state index in [4.69, 9.17) is 9.84 Å². The third kappa shape index (κ3) is 12.6. The predicted octanol–water partition coefficient (Wildman–Crippen LogP) is 11.7. The molecule has 0 spiro atoms. The Morgan fingerprint density at radius 3 is 2.19 bits per heavy atom. The standard InChI is InChI=1S/C53H66N6O4/c1-4-7-9-17-32-59-52(43(35-54)36-55)47(37-56)51(53(59)62)42-25-27-44(28-26-42)57(38-40(6-3)20-8-5-2)30-16-12-13-23-50(61)63-39-41-24-29-49-46(34-41)45-21-14-15-22-48(45)58(49)31-18-10-11-19-33-60/h14-15,21-22,24-29,34,40,60H,4-13,16-20,23,30-33,38-39H2,1-3H3. The van der Waals surface area contributed by atoms with Crippen LogP contribution in [0, 0.1) is 39.9 Å². The minimum Gasteiger partial charge on any atom is -0.461 e. The molecule has 3 aromatic carbocycles. The molecule has 1 aromatic heterocycles. The van der Waals surface area contributed by atoms with Crippen molar-refractivity contribution in [2.75, 3.05) is 31.1 Å². The zero-order chi connectivity index (χ0) is 45.0. The fourth-order valence-electron chi connectivity index (χ4n) is 8.82. The number of carbonyl (C=O) groups is 2. The maximum absolute atomic E-state index is 13.9. The Morgan fingerprint density at radius 2 is 1.48 bits per heavy atom. The largest absolute Gasteiger partial charge is 0.461 e. The molecule has 63 heavy (non-hydrogen) atoms. The summed E-state index contributed by atoms with van der Waals surface area (Å²) in [5.41, 5.74) is 5.18. The third-order valence-electron chi connectivity index (χ3n) is 12.4. The quantitative estimate of drug-likeness (QED) is 0.0354. The van der Waals surface area contributed by atoms with E-state index in [-0.39, 0.29) is 47.5 Å². The molecule has 0 bridgehead atoms. The van der Waals surface area contributed by atoms with Gasteiger partial charge in [-0.1, -0.05) is 115 Å². The second-order valence-corrected chi connectivity index (χ2v) is 16.9. The van der Waals surface area contributed by atoms with Gasteiger partial charge in [-0.05, 0) is 85.9 Å². The van der Waals surface area contributed by atoms with Gasteiger partial charge in [-0.25, -0.2) is 0 Å². The fraction of sp³-hybridized carbons (Fsp3) is 0.491. The first-order valence-corrected chi connectivity index (χ1v) is 23.5. The summed E-state index contributed by atoms with van der Waals surface area (Å²) in [5.74, 6) is -0.0244. The number of carbonyl (C=O) groups excluding carboxylic acids is 2. The van der Waals surface area contributed by atoms with Crippen molar-refractivity contribution in [2.45, 2.75) is 137 Å². The summed E-state index contributed by atoms with van der Waals surface area (Å²) in [6, 6.07) is 28.6. The first-order valence-electron chi connectivity index (χ1n) is 23.5. The molecule has 0 radical (unpaired) electrons. The Kier molecular flexibility index (Phi) is 19.3. The van der Waals surface area contributed by atoms with Gasteiger partial charge in [0.2, 0.25) is 0 Å². The SMILES string of the molecule is CCCCCCN1C(=O)C(c2ccc(N(CCCCCC(=O)OCc3ccc4c(c3)c3ccccc3n4CCCCCCO)CC(CC)CCCC)cc2)=C(C#N)C1=C(C#N)C#N. The van der Waals surface area contributed by atoms with E-state index in [0.29, 0.717) is 30.9 Å². The average molecular weight is 851 g/mol. The fourth-order valence-corrected chi connectivity index (χ4v) is 8.82. The Labute approximate surface area is 375 Å². The molecule has 332 valence electrons. The summed E-state index contributed by atoms with van der Waals surface area (Å²) in [6.45, 7) is 10.0. The first kappa shape index (κ1) is 48.1. The molecule has 0 aliphatic carbocycles. The zero-order valence-electron chi connectivity index (χ0n) is 37.8. The van der Waals surface area contributed by atoms with Gasteiger partial charge in [-0.3, -0.25) is 9.59 Å². The van der Waals surface area contributed by atoms with Crippen LogP contribution in [0.15, 0.2) is 83.6 Å². The van der Waals surface area contributed by atoms with Gasteiger partial charge >= 0.3 is 5.97 Å². The number of rotatable bonds is 27. The van der Waals surface area contributed by atoms with E-state index in [1.807, 2.05) is 36.4 Å². The number of aliphatic hydroxyl groups is 1. The highest BCUT2D eigenvalue weighted by Gasteiger charge is 2.38. The number of ether oxygens (including phenoxy) is 1. The lowest BCUT2D eigenvalue weighted by Crippen LogP contribution is -2.30. The van der Waals surface area contributed by atoms with Gasteiger partial charge in [-0.15, -0.1) is 0 Å². The summed E-state index contributed by atoms with van der Waals surface area (Å²) in [5, 5.41) is 41.3. The molecule has 1 unspecified atom stereocenters. The van der Waals surface area contributed by atoms with Crippen LogP contribution in [-0.4, -0.2) is 52.7 Å². The predicted molar refractivity (Wildman–Crippen MR) is 252 cm³/mol. The summed E-state index contributed by atoms with van der Waals surface area (Å²) in [6.07, 6.45) is 15.1. The van der Waals surface area contributed by atoms with Crippen molar-refractivity contribution in [2.24, 2.45) is 5.92 Å². The highest BCUT2D eigenvalue weighted by molar-refractivity contribution is 6.26. The number of fused-ring (bicyclic) bond motifs is 3. The molecule has 1 N–H and O–H groups in total. The molecule has 0 saturated heterocycles. The van der Waals surface area contributed by atoms with Gasteiger partial charge in [0.25, 0.3) is 5.91 Å². The monoisotopic (exact) mass is 851 g/mol. The number of allylic oxidation sites excluding steroid dienone is 2. The topological polar surface area (TPSA) is 146 Å². The highest BCUT2D eigenvalue weighted by Crippen LogP contribution is 2.38. The Bertz CT molecular complexity index is 2320. The van der Waals surface area contributed by atoms with Crippen molar-refractivity contribution in [3.05, 3.63) is 94.7 Å². The molecule has 1 aliphatic heterocycles. The lowest BCUT2D eigenvalue weighted by atomic mass is 9.97.